The van der Waals surface area contributed by atoms with Gasteiger partial charge in [0.05, 0.1) is 9.79 Å². The highest BCUT2D eigenvalue weighted by molar-refractivity contribution is 7.89. The normalized spacial score (nSPS) is 24.2. The van der Waals surface area contributed by atoms with Crippen LogP contribution in [0.4, 0.5) is 20.2 Å². The number of ether oxygens (including phenoxy) is 2. The van der Waals surface area contributed by atoms with Gasteiger partial charge in [-0.05, 0) is 111 Å². The summed E-state index contributed by atoms with van der Waals surface area (Å²) in [6.45, 7) is 9.37. The molecular weight excluding hydrogens is 1050 g/mol. The van der Waals surface area contributed by atoms with E-state index in [0.717, 1.165) is 44.8 Å². The molecule has 0 bridgehead atoms. The number of fused-ring (bicyclic) bond motifs is 12. The molecule has 0 radical (unpaired) electrons. The third-order valence-corrected chi connectivity index (χ3v) is 20.3. The summed E-state index contributed by atoms with van der Waals surface area (Å²) in [5, 5.41) is 3.57. The molecule has 2 saturated heterocycles. The molecular formula is C64H60F2N6O6S2. The van der Waals surface area contributed by atoms with Gasteiger partial charge in [-0.25, -0.2) is 25.6 Å². The monoisotopic (exact) mass is 1110 g/mol. The number of para-hydroxylation sites is 2. The zero-order valence-corrected chi connectivity index (χ0v) is 46.4. The number of sulfonamides is 2. The van der Waals surface area contributed by atoms with Gasteiger partial charge < -0.3 is 19.3 Å². The number of rotatable bonds is 8. The van der Waals surface area contributed by atoms with E-state index in [1.165, 1.54) is 21.0 Å². The van der Waals surface area contributed by atoms with E-state index in [4.69, 9.17) is 9.47 Å². The molecule has 0 amide bonds. The second-order valence-electron chi connectivity index (χ2n) is 21.8. The highest BCUT2D eigenvalue weighted by Gasteiger charge is 2.64. The Hall–Kier alpha value is -7.12. The van der Waals surface area contributed by atoms with Crippen molar-refractivity contribution < 1.29 is 35.1 Å². The second-order valence-corrected chi connectivity index (χ2v) is 25.4. The molecule has 8 aromatic carbocycles. The number of hydrogen-bond donors (Lipinski definition) is 0. The van der Waals surface area contributed by atoms with Crippen LogP contribution in [-0.4, -0.2) is 61.1 Å². The molecule has 12 nitrogen and oxygen atoms in total. The Labute approximate surface area is 466 Å². The fourth-order valence-corrected chi connectivity index (χ4v) is 16.4. The summed E-state index contributed by atoms with van der Waals surface area (Å²) in [5.74, 6) is -0.586. The molecule has 0 aliphatic carbocycles. The summed E-state index contributed by atoms with van der Waals surface area (Å²) >= 11 is 0. The fraction of sp³-hybridized carbons (Fsp3) is 0.250. The third-order valence-electron chi connectivity index (χ3n) is 16.8. The van der Waals surface area contributed by atoms with Gasteiger partial charge >= 0.3 is 0 Å². The van der Waals surface area contributed by atoms with E-state index < -0.39 is 56.0 Å². The molecule has 408 valence electrons. The molecule has 14 rings (SSSR count). The van der Waals surface area contributed by atoms with Gasteiger partial charge in [-0.15, -0.1) is 8.83 Å². The van der Waals surface area contributed by atoms with Gasteiger partial charge in [0.2, 0.25) is 0 Å². The van der Waals surface area contributed by atoms with Crippen molar-refractivity contribution in [2.24, 2.45) is 0 Å². The minimum absolute atomic E-state index is 0.210. The number of hydrazine groups is 2. The molecule has 0 unspecified atom stereocenters. The molecule has 80 heavy (non-hydrogen) atoms. The third kappa shape index (κ3) is 8.41. The van der Waals surface area contributed by atoms with Crippen LogP contribution in [0.3, 0.4) is 0 Å². The van der Waals surface area contributed by atoms with E-state index in [1.54, 1.807) is 46.4 Å². The van der Waals surface area contributed by atoms with Crippen LogP contribution in [0.2, 0.25) is 0 Å². The minimum atomic E-state index is -4.05. The average molecular weight is 1110 g/mol. The number of halogens is 2. The topological polar surface area (TPSA) is 106 Å². The van der Waals surface area contributed by atoms with Gasteiger partial charge in [-0.3, -0.25) is 0 Å². The molecule has 6 atom stereocenters. The van der Waals surface area contributed by atoms with E-state index in [0.29, 0.717) is 61.3 Å². The van der Waals surface area contributed by atoms with Crippen LogP contribution in [-0.2, 0) is 66.7 Å². The lowest BCUT2D eigenvalue weighted by Crippen LogP contribution is -2.69. The van der Waals surface area contributed by atoms with Crippen molar-refractivity contribution >= 4 is 31.4 Å². The van der Waals surface area contributed by atoms with E-state index in [9.17, 15) is 25.6 Å². The summed E-state index contributed by atoms with van der Waals surface area (Å²) < 4.78 is 106. The average Bonchev–Trinajstić information content (AvgIpc) is 3.99. The molecule has 6 aliphatic heterocycles. The number of anilines is 2. The number of nitrogens with zero attached hydrogens (tertiary/aromatic N) is 6. The lowest BCUT2D eigenvalue weighted by molar-refractivity contribution is -0.283. The maximum absolute atomic E-state index is 15.0. The lowest BCUT2D eigenvalue weighted by atomic mass is 9.92. The molecule has 0 N–H and O–H groups in total. The summed E-state index contributed by atoms with van der Waals surface area (Å²) in [6.07, 6.45) is -2.21. The molecule has 0 aromatic heterocycles. The van der Waals surface area contributed by atoms with Gasteiger partial charge in [0.15, 0.2) is 12.5 Å². The molecule has 2 fully saturated rings. The minimum Gasteiger partial charge on any atom is -0.346 e. The van der Waals surface area contributed by atoms with E-state index >= 15 is 0 Å². The molecule has 6 heterocycles. The van der Waals surface area contributed by atoms with Gasteiger partial charge in [0, 0.05) is 59.8 Å². The maximum atomic E-state index is 15.0. The van der Waals surface area contributed by atoms with Gasteiger partial charge in [0.25, 0.3) is 20.0 Å². The summed E-state index contributed by atoms with van der Waals surface area (Å²) in [4.78, 5) is 4.69. The molecule has 16 heteroatoms. The number of hydrogen-bond acceptors (Lipinski definition) is 10. The van der Waals surface area contributed by atoms with Crippen LogP contribution >= 0.6 is 0 Å². The first kappa shape index (κ1) is 52.3. The molecule has 0 saturated carbocycles. The smallest absolute Gasteiger partial charge is 0.258 e. The van der Waals surface area contributed by atoms with Crippen molar-refractivity contribution in [1.82, 2.24) is 18.8 Å². The van der Waals surface area contributed by atoms with Crippen molar-refractivity contribution in [2.45, 2.75) is 99.4 Å². The Balaban J connectivity index is 0.000000151. The van der Waals surface area contributed by atoms with Gasteiger partial charge in [-0.2, -0.15) is 10.0 Å². The van der Waals surface area contributed by atoms with E-state index in [2.05, 4.69) is 9.80 Å². The van der Waals surface area contributed by atoms with Crippen LogP contribution in [0.15, 0.2) is 204 Å². The summed E-state index contributed by atoms with van der Waals surface area (Å²) in [6, 6.07) is 59.8. The first-order chi connectivity index (χ1) is 38.6. The molecule has 8 aromatic rings. The van der Waals surface area contributed by atoms with E-state index in [1.807, 2.05) is 173 Å². The van der Waals surface area contributed by atoms with Crippen LogP contribution in [0.25, 0.3) is 0 Å². The first-order valence-corrected chi connectivity index (χ1v) is 29.9. The lowest BCUT2D eigenvalue weighted by Gasteiger charge is -2.56. The van der Waals surface area contributed by atoms with Crippen molar-refractivity contribution in [3.05, 3.63) is 261 Å². The predicted octanol–water partition coefficient (Wildman–Crippen LogP) is 11.8. The van der Waals surface area contributed by atoms with Crippen LogP contribution in [0.1, 0.15) is 81.9 Å². The Morgan fingerprint density at radius 3 is 1.21 bits per heavy atom. The summed E-state index contributed by atoms with van der Waals surface area (Å²) in [7, 11) is -8.11. The Morgan fingerprint density at radius 2 is 0.825 bits per heavy atom. The van der Waals surface area contributed by atoms with E-state index in [-0.39, 0.29) is 21.4 Å². The highest BCUT2D eigenvalue weighted by Crippen LogP contribution is 2.58. The number of aryl methyl sites for hydroxylation is 2. The first-order valence-electron chi connectivity index (χ1n) is 27.0. The second kappa shape index (κ2) is 19.8. The Morgan fingerprint density at radius 1 is 0.463 bits per heavy atom. The fourth-order valence-electron chi connectivity index (χ4n) is 13.0. The predicted molar refractivity (Wildman–Crippen MR) is 302 cm³/mol. The molecule has 0 spiro atoms. The zero-order valence-electron chi connectivity index (χ0n) is 44.7. The van der Waals surface area contributed by atoms with Gasteiger partial charge in [0.1, 0.15) is 35.2 Å². The summed E-state index contributed by atoms with van der Waals surface area (Å²) in [5.41, 5.74) is 8.12. The van der Waals surface area contributed by atoms with Crippen molar-refractivity contribution in [2.75, 3.05) is 22.9 Å². The van der Waals surface area contributed by atoms with Gasteiger partial charge in [-0.1, -0.05) is 157 Å². The zero-order chi connectivity index (χ0) is 55.3. The van der Waals surface area contributed by atoms with Crippen LogP contribution in [0.5, 0.6) is 0 Å². The molecule has 6 aliphatic rings. The maximum Gasteiger partial charge on any atom is 0.258 e. The van der Waals surface area contributed by atoms with Crippen LogP contribution in [0, 0.1) is 25.5 Å². The van der Waals surface area contributed by atoms with Crippen LogP contribution < -0.4 is 9.80 Å². The largest absolute Gasteiger partial charge is 0.346 e. The SMILES string of the molecule is Cc1ccc(S(=O)(=O)N2[C@@H]3N(Cc4ccccc4)c4ccccc4[C@]3(C)O[C@@H]3c4cccc(F)c4CCN32)cc1.Cc1ccc(S(=O)(=O)N2[C@H]3N(Cc4ccccc4)c4ccccc4[C@@]3(C)O[C@H]3c4cccc(F)c4CCN32)cc1. The standard InChI is InChI=1S/2C32H30FN3O3S/c2*1-22-15-17-24(18-16-22)40(37,38)36-31-32(2,39-30-26-11-8-13-28(33)25(26)19-20-35(30)36)27-12-6-7-14-29(27)34(31)21-23-9-4-3-5-10-23/h2*3-18,30-31H,19-21H2,1-2H3/t2*30-,31+,32+/m10/s1. The quantitative estimate of drug-likeness (QED) is 0.146. The number of benzene rings is 8. The van der Waals surface area contributed by atoms with Crippen molar-refractivity contribution in [1.29, 1.82) is 0 Å². The Kier molecular flexibility index (Phi) is 13.0. The highest BCUT2D eigenvalue weighted by atomic mass is 32.2. The Bertz CT molecular complexity index is 3650. The van der Waals surface area contributed by atoms with Crippen molar-refractivity contribution in [3.8, 4) is 0 Å². The van der Waals surface area contributed by atoms with Crippen molar-refractivity contribution in [3.63, 3.8) is 0 Å².